The van der Waals surface area contributed by atoms with E-state index in [0.29, 0.717) is 5.69 Å². The maximum atomic E-state index is 11.8. The van der Waals surface area contributed by atoms with Crippen LogP contribution in [0.25, 0.3) is 11.3 Å². The van der Waals surface area contributed by atoms with Crippen molar-refractivity contribution >= 4 is 5.97 Å². The minimum Gasteiger partial charge on any atom is -0.449 e. The quantitative estimate of drug-likeness (QED) is 0.670. The Labute approximate surface area is 110 Å². The average Bonchev–Trinajstić information content (AvgIpc) is 2.45. The molecule has 1 N–H and O–H groups in total. The second kappa shape index (κ2) is 5.69. The van der Waals surface area contributed by atoms with Gasteiger partial charge >= 0.3 is 5.97 Å². The van der Waals surface area contributed by atoms with Crippen LogP contribution in [0.4, 0.5) is 0 Å². The number of carbonyl (C=O) groups is 1. The molecule has 0 bridgehead atoms. The molecule has 0 aliphatic heterocycles. The van der Waals surface area contributed by atoms with Crippen LogP contribution < -0.4 is 5.56 Å². The van der Waals surface area contributed by atoms with Gasteiger partial charge in [0.2, 0.25) is 0 Å². The number of rotatable bonds is 3. The molecule has 1 aromatic carbocycles. The largest absolute Gasteiger partial charge is 0.449 e. The molecule has 0 atom stereocenters. The number of hydrogen-bond acceptors (Lipinski definition) is 3. The fourth-order valence-corrected chi connectivity index (χ4v) is 1.61. The van der Waals surface area contributed by atoms with Gasteiger partial charge in [0.1, 0.15) is 5.56 Å². The molecule has 0 aliphatic rings. The fourth-order valence-electron chi connectivity index (χ4n) is 1.61. The molecule has 4 nitrogen and oxygen atoms in total. The lowest BCUT2D eigenvalue weighted by atomic mass is 10.1. The highest BCUT2D eigenvalue weighted by Crippen LogP contribution is 2.14. The fraction of sp³-hybridized carbons (Fsp3) is 0.0667. The van der Waals surface area contributed by atoms with Gasteiger partial charge in [-0.2, -0.15) is 0 Å². The molecular formula is C15H11NO3. The first-order chi connectivity index (χ1) is 9.22. The number of hydrogen-bond donors (Lipinski definition) is 1. The first-order valence-corrected chi connectivity index (χ1v) is 5.61. The Balaban J connectivity index is 2.31. The summed E-state index contributed by atoms with van der Waals surface area (Å²) in [5.74, 6) is 1.45. The van der Waals surface area contributed by atoms with E-state index in [9.17, 15) is 9.59 Å². The van der Waals surface area contributed by atoms with Crippen LogP contribution in [-0.2, 0) is 4.74 Å². The Hall–Kier alpha value is -2.80. The van der Waals surface area contributed by atoms with Gasteiger partial charge in [0, 0.05) is 5.69 Å². The average molecular weight is 253 g/mol. The highest BCUT2D eigenvalue weighted by Gasteiger charge is 2.12. The minimum absolute atomic E-state index is 0.0602. The van der Waals surface area contributed by atoms with Crippen LogP contribution in [0.3, 0.4) is 0 Å². The van der Waals surface area contributed by atoms with Crippen LogP contribution in [0, 0.1) is 12.3 Å². The summed E-state index contributed by atoms with van der Waals surface area (Å²) in [6, 6.07) is 12.4. The monoisotopic (exact) mass is 253 g/mol. The van der Waals surface area contributed by atoms with E-state index in [0.717, 1.165) is 5.56 Å². The lowest BCUT2D eigenvalue weighted by Gasteiger charge is -2.03. The molecule has 2 rings (SSSR count). The Bertz CT molecular complexity index is 681. The van der Waals surface area contributed by atoms with Crippen molar-refractivity contribution in [2.24, 2.45) is 0 Å². The Morgan fingerprint density at radius 2 is 1.95 bits per heavy atom. The van der Waals surface area contributed by atoms with E-state index in [4.69, 9.17) is 11.2 Å². The molecule has 0 radical (unpaired) electrons. The molecule has 0 spiro atoms. The van der Waals surface area contributed by atoms with Gasteiger partial charge in [-0.05, 0) is 17.7 Å². The third-order valence-electron chi connectivity index (χ3n) is 2.50. The summed E-state index contributed by atoms with van der Waals surface area (Å²) in [6.45, 7) is -0.154. The standard InChI is InChI=1S/C15H11NO3/c1-2-10-19-15(18)12-8-9-13(16-14(12)17)11-6-4-3-5-7-11/h1,3-9H,10H2,(H,16,17). The van der Waals surface area contributed by atoms with Crippen molar-refractivity contribution in [2.45, 2.75) is 0 Å². The summed E-state index contributed by atoms with van der Waals surface area (Å²) < 4.78 is 4.71. The predicted molar refractivity (Wildman–Crippen MR) is 71.6 cm³/mol. The van der Waals surface area contributed by atoms with Crippen molar-refractivity contribution in [1.29, 1.82) is 0 Å². The third kappa shape index (κ3) is 2.90. The lowest BCUT2D eigenvalue weighted by molar-refractivity contribution is 0.0554. The molecule has 2 aromatic rings. The lowest BCUT2D eigenvalue weighted by Crippen LogP contribution is -2.19. The molecular weight excluding hydrogens is 242 g/mol. The van der Waals surface area contributed by atoms with E-state index < -0.39 is 11.5 Å². The Morgan fingerprint density at radius 1 is 1.21 bits per heavy atom. The van der Waals surface area contributed by atoms with Crippen LogP contribution in [-0.4, -0.2) is 17.6 Å². The zero-order valence-electron chi connectivity index (χ0n) is 10.1. The molecule has 0 fully saturated rings. The van der Waals surface area contributed by atoms with Gasteiger partial charge in [0.05, 0.1) is 0 Å². The van der Waals surface area contributed by atoms with E-state index in [1.807, 2.05) is 30.3 Å². The zero-order chi connectivity index (χ0) is 13.7. The summed E-state index contributed by atoms with van der Waals surface area (Å²) in [7, 11) is 0. The minimum atomic E-state index is -0.723. The van der Waals surface area contributed by atoms with Crippen molar-refractivity contribution in [3.05, 3.63) is 58.4 Å². The first kappa shape index (κ1) is 12.7. The molecule has 4 heteroatoms. The summed E-state index contributed by atoms with van der Waals surface area (Å²) in [4.78, 5) is 26.0. The van der Waals surface area contributed by atoms with Crippen LogP contribution in [0.5, 0.6) is 0 Å². The highest BCUT2D eigenvalue weighted by molar-refractivity contribution is 5.89. The van der Waals surface area contributed by atoms with Crippen molar-refractivity contribution < 1.29 is 9.53 Å². The van der Waals surface area contributed by atoms with Gasteiger partial charge in [-0.1, -0.05) is 36.3 Å². The molecule has 0 unspecified atom stereocenters. The van der Waals surface area contributed by atoms with Gasteiger partial charge in [0.25, 0.3) is 5.56 Å². The molecule has 1 heterocycles. The highest BCUT2D eigenvalue weighted by atomic mass is 16.5. The summed E-state index contributed by atoms with van der Waals surface area (Å²) >= 11 is 0. The maximum Gasteiger partial charge on any atom is 0.344 e. The number of benzene rings is 1. The molecule has 1 aromatic heterocycles. The predicted octanol–water partition coefficient (Wildman–Crippen LogP) is 1.83. The van der Waals surface area contributed by atoms with Crippen molar-refractivity contribution in [2.75, 3.05) is 6.61 Å². The number of aromatic nitrogens is 1. The van der Waals surface area contributed by atoms with Gasteiger partial charge < -0.3 is 9.72 Å². The van der Waals surface area contributed by atoms with Crippen LogP contribution in [0.2, 0.25) is 0 Å². The maximum absolute atomic E-state index is 11.8. The molecule has 0 aliphatic carbocycles. The van der Waals surface area contributed by atoms with Gasteiger partial charge in [-0.25, -0.2) is 4.79 Å². The number of H-pyrrole nitrogens is 1. The van der Waals surface area contributed by atoms with E-state index in [1.165, 1.54) is 6.07 Å². The Morgan fingerprint density at radius 3 is 2.58 bits per heavy atom. The van der Waals surface area contributed by atoms with E-state index >= 15 is 0 Å². The first-order valence-electron chi connectivity index (χ1n) is 5.61. The number of carbonyl (C=O) groups excluding carboxylic acids is 1. The van der Waals surface area contributed by atoms with Crippen molar-refractivity contribution in [3.63, 3.8) is 0 Å². The Kier molecular flexibility index (Phi) is 3.79. The van der Waals surface area contributed by atoms with Crippen molar-refractivity contribution in [1.82, 2.24) is 4.98 Å². The van der Waals surface area contributed by atoms with E-state index in [-0.39, 0.29) is 12.2 Å². The van der Waals surface area contributed by atoms with Gasteiger partial charge in [0.15, 0.2) is 6.61 Å². The number of pyridine rings is 1. The second-order valence-corrected chi connectivity index (χ2v) is 3.76. The number of esters is 1. The summed E-state index contributed by atoms with van der Waals surface area (Å²) in [5, 5.41) is 0. The number of ether oxygens (including phenoxy) is 1. The molecule has 0 saturated carbocycles. The second-order valence-electron chi connectivity index (χ2n) is 3.76. The summed E-state index contributed by atoms with van der Waals surface area (Å²) in [6.07, 6.45) is 4.98. The number of terminal acetylenes is 1. The van der Waals surface area contributed by atoms with Crippen LogP contribution in [0.1, 0.15) is 10.4 Å². The van der Waals surface area contributed by atoms with Crippen LogP contribution >= 0.6 is 0 Å². The van der Waals surface area contributed by atoms with Gasteiger partial charge in [-0.3, -0.25) is 4.79 Å². The SMILES string of the molecule is C#CCOC(=O)c1ccc(-c2ccccc2)[nH]c1=O. The number of aromatic amines is 1. The number of nitrogens with one attached hydrogen (secondary N) is 1. The molecule has 94 valence electrons. The molecule has 19 heavy (non-hydrogen) atoms. The molecule has 0 saturated heterocycles. The van der Waals surface area contributed by atoms with Crippen molar-refractivity contribution in [3.8, 4) is 23.6 Å². The van der Waals surface area contributed by atoms with Crippen LogP contribution in [0.15, 0.2) is 47.3 Å². The molecule has 0 amide bonds. The van der Waals surface area contributed by atoms with Gasteiger partial charge in [-0.15, -0.1) is 6.42 Å². The van der Waals surface area contributed by atoms with E-state index in [2.05, 4.69) is 10.9 Å². The smallest absolute Gasteiger partial charge is 0.344 e. The third-order valence-corrected chi connectivity index (χ3v) is 2.50. The zero-order valence-corrected chi connectivity index (χ0v) is 10.1. The summed E-state index contributed by atoms with van der Waals surface area (Å²) in [5.41, 5.74) is 0.945. The topological polar surface area (TPSA) is 59.2 Å². The van der Waals surface area contributed by atoms with E-state index in [1.54, 1.807) is 6.07 Å². The normalized spacial score (nSPS) is 9.63.